The summed E-state index contributed by atoms with van der Waals surface area (Å²) < 4.78 is 4.32. The largest absolute Gasteiger partial charge is 0.480 e. The summed E-state index contributed by atoms with van der Waals surface area (Å²) in [6.07, 6.45) is 0. The molecule has 2 N–H and O–H groups in total. The van der Waals surface area contributed by atoms with Crippen LogP contribution in [0.25, 0.3) is 0 Å². The number of nitrogens with one attached hydrogen (secondary N) is 1. The van der Waals surface area contributed by atoms with Gasteiger partial charge in [-0.1, -0.05) is 29.8 Å². The van der Waals surface area contributed by atoms with Gasteiger partial charge in [-0.2, -0.15) is 0 Å². The third-order valence-corrected chi connectivity index (χ3v) is 6.05. The van der Waals surface area contributed by atoms with Crippen molar-refractivity contribution in [3.63, 3.8) is 0 Å². The Bertz CT molecular complexity index is 897. The molecule has 0 unspecified atom stereocenters. The number of thioether (sulfide) groups is 1. The van der Waals surface area contributed by atoms with Crippen LogP contribution in [-0.4, -0.2) is 53.4 Å². The Hall–Kier alpha value is -2.35. The number of ether oxygens (including phenoxy) is 1. The molecule has 7 heteroatoms. The highest BCUT2D eigenvalue weighted by Gasteiger charge is 2.28. The van der Waals surface area contributed by atoms with Gasteiger partial charge in [0, 0.05) is 30.8 Å². The van der Waals surface area contributed by atoms with E-state index in [-0.39, 0.29) is 12.5 Å². The molecule has 0 saturated carbocycles. The summed E-state index contributed by atoms with van der Waals surface area (Å²) in [6, 6.07) is 13.8. The van der Waals surface area contributed by atoms with Crippen molar-refractivity contribution in [2.75, 3.05) is 32.1 Å². The number of hydrogen-bond donors (Lipinski definition) is 2. The quantitative estimate of drug-likeness (QED) is 0.502. The normalized spacial score (nSPS) is 11.5. The average Bonchev–Trinajstić information content (AvgIpc) is 2.69. The molecule has 0 aromatic heterocycles. The first kappa shape index (κ1) is 24.9. The maximum Gasteiger partial charge on any atom is 0.319 e. The number of hydrogen-bond acceptors (Lipinski definition) is 5. The van der Waals surface area contributed by atoms with Crippen LogP contribution < -0.4 is 5.32 Å². The molecule has 0 aliphatic rings. The lowest BCUT2D eigenvalue weighted by Gasteiger charge is -2.22. The number of carbonyl (C=O) groups is 2. The van der Waals surface area contributed by atoms with Crippen LogP contribution in [0, 0.1) is 13.8 Å². The molecule has 2 aromatic carbocycles. The van der Waals surface area contributed by atoms with Gasteiger partial charge in [0.15, 0.2) is 0 Å². The van der Waals surface area contributed by atoms with Crippen molar-refractivity contribution in [1.29, 1.82) is 0 Å². The molecular formula is C24H32N2O4S. The van der Waals surface area contributed by atoms with E-state index in [9.17, 15) is 14.7 Å². The minimum Gasteiger partial charge on any atom is -0.480 e. The van der Waals surface area contributed by atoms with Crippen LogP contribution in [0.15, 0.2) is 47.4 Å². The molecule has 31 heavy (non-hydrogen) atoms. The number of carbonyl (C=O) groups excluding carboxylic acids is 1. The zero-order chi connectivity index (χ0) is 23.0. The number of carboxylic acids is 1. The van der Waals surface area contributed by atoms with Crippen molar-refractivity contribution in [2.24, 2.45) is 0 Å². The molecule has 0 saturated heterocycles. The van der Waals surface area contributed by atoms with Gasteiger partial charge in [-0.15, -0.1) is 11.8 Å². The molecule has 0 aliphatic carbocycles. The Morgan fingerprint density at radius 3 is 2.39 bits per heavy atom. The molecule has 0 fully saturated rings. The van der Waals surface area contributed by atoms with Gasteiger partial charge in [-0.05, 0) is 57.0 Å². The molecule has 0 bridgehead atoms. The van der Waals surface area contributed by atoms with E-state index >= 15 is 0 Å². The SMILES string of the molecule is COCCN(CC(=O)Nc1ccc(C)cc1C)Cc1ccc(SC(C)(C)C(=O)O)cc1. The molecule has 2 rings (SSSR count). The van der Waals surface area contributed by atoms with Crippen molar-refractivity contribution < 1.29 is 19.4 Å². The zero-order valence-electron chi connectivity index (χ0n) is 18.9. The first-order valence-corrected chi connectivity index (χ1v) is 11.0. The van der Waals surface area contributed by atoms with Gasteiger partial charge in [0.05, 0.1) is 13.2 Å². The van der Waals surface area contributed by atoms with Gasteiger partial charge in [-0.25, -0.2) is 0 Å². The highest BCUT2D eigenvalue weighted by molar-refractivity contribution is 8.01. The number of nitrogens with zero attached hydrogens (tertiary/aromatic N) is 1. The maximum absolute atomic E-state index is 12.6. The fraction of sp³-hybridized carbons (Fsp3) is 0.417. The number of anilines is 1. The smallest absolute Gasteiger partial charge is 0.319 e. The monoisotopic (exact) mass is 444 g/mol. The van der Waals surface area contributed by atoms with Crippen molar-refractivity contribution in [2.45, 2.75) is 43.9 Å². The van der Waals surface area contributed by atoms with E-state index in [0.29, 0.717) is 19.7 Å². The number of rotatable bonds is 11. The van der Waals surface area contributed by atoms with Crippen LogP contribution in [-0.2, 0) is 20.9 Å². The topological polar surface area (TPSA) is 78.9 Å². The van der Waals surface area contributed by atoms with Crippen molar-refractivity contribution in [3.8, 4) is 0 Å². The summed E-state index contributed by atoms with van der Waals surface area (Å²) in [5.41, 5.74) is 4.07. The maximum atomic E-state index is 12.6. The highest BCUT2D eigenvalue weighted by atomic mass is 32.2. The number of benzene rings is 2. The second-order valence-electron chi connectivity index (χ2n) is 8.13. The third kappa shape index (κ3) is 8.01. The van der Waals surface area contributed by atoms with Crippen LogP contribution >= 0.6 is 11.8 Å². The molecule has 0 aliphatic heterocycles. The second kappa shape index (κ2) is 11.3. The number of methoxy groups -OCH3 is 1. The number of amides is 1. The standard InChI is InChI=1S/C24H32N2O4S/c1-17-6-11-21(18(2)14-17)25-22(27)16-26(12-13-30-5)15-19-7-9-20(10-8-19)31-24(3,4)23(28)29/h6-11,14H,12-13,15-16H2,1-5H3,(H,25,27)(H,28,29). The van der Waals surface area contributed by atoms with Gasteiger partial charge in [-0.3, -0.25) is 14.5 Å². The zero-order valence-corrected chi connectivity index (χ0v) is 19.7. The summed E-state index contributed by atoms with van der Waals surface area (Å²) in [7, 11) is 1.64. The molecule has 1 amide bonds. The van der Waals surface area contributed by atoms with E-state index in [1.807, 2.05) is 61.2 Å². The van der Waals surface area contributed by atoms with E-state index in [2.05, 4.69) is 5.32 Å². The van der Waals surface area contributed by atoms with Gasteiger partial charge in [0.1, 0.15) is 4.75 Å². The number of aliphatic carboxylic acids is 1. The van der Waals surface area contributed by atoms with Crippen LogP contribution in [0.1, 0.15) is 30.5 Å². The molecule has 0 heterocycles. The molecule has 0 atom stereocenters. The molecule has 2 aromatic rings. The van der Waals surface area contributed by atoms with E-state index < -0.39 is 10.7 Å². The first-order chi connectivity index (χ1) is 14.6. The van der Waals surface area contributed by atoms with E-state index in [1.165, 1.54) is 11.8 Å². The predicted octanol–water partition coefficient (Wildman–Crippen LogP) is 4.35. The van der Waals surface area contributed by atoms with Crippen molar-refractivity contribution in [3.05, 3.63) is 59.2 Å². The lowest BCUT2D eigenvalue weighted by atomic mass is 10.1. The van der Waals surface area contributed by atoms with Crippen molar-refractivity contribution in [1.82, 2.24) is 4.90 Å². The van der Waals surface area contributed by atoms with Gasteiger partial charge in [0.2, 0.25) is 5.91 Å². The fourth-order valence-electron chi connectivity index (χ4n) is 3.04. The van der Waals surface area contributed by atoms with Crippen LogP contribution in [0.3, 0.4) is 0 Å². The lowest BCUT2D eigenvalue weighted by Crippen LogP contribution is -2.35. The third-order valence-electron chi connectivity index (χ3n) is 4.85. The molecule has 168 valence electrons. The van der Waals surface area contributed by atoms with Gasteiger partial charge < -0.3 is 15.2 Å². The van der Waals surface area contributed by atoms with E-state index in [1.54, 1.807) is 21.0 Å². The number of carboxylic acid groups (broad SMARTS) is 1. The van der Waals surface area contributed by atoms with Gasteiger partial charge >= 0.3 is 5.97 Å². The second-order valence-corrected chi connectivity index (χ2v) is 9.83. The number of aryl methyl sites for hydroxylation is 2. The van der Waals surface area contributed by atoms with Crippen LogP contribution in [0.4, 0.5) is 5.69 Å². The van der Waals surface area contributed by atoms with Crippen molar-refractivity contribution >= 4 is 29.3 Å². The lowest BCUT2D eigenvalue weighted by molar-refractivity contribution is -0.138. The summed E-state index contributed by atoms with van der Waals surface area (Å²) in [5, 5.41) is 12.3. The van der Waals surface area contributed by atoms with E-state index in [0.717, 1.165) is 27.3 Å². The Morgan fingerprint density at radius 1 is 1.13 bits per heavy atom. The Balaban J connectivity index is 2.01. The average molecular weight is 445 g/mol. The Kier molecular flexibility index (Phi) is 9.10. The minimum atomic E-state index is -0.891. The fourth-order valence-corrected chi connectivity index (χ4v) is 3.99. The molecule has 0 spiro atoms. The Labute approximate surface area is 189 Å². The highest BCUT2D eigenvalue weighted by Crippen LogP contribution is 2.32. The molecular weight excluding hydrogens is 412 g/mol. The van der Waals surface area contributed by atoms with E-state index in [4.69, 9.17) is 4.74 Å². The summed E-state index contributed by atoms with van der Waals surface area (Å²) in [5.74, 6) is -0.916. The van der Waals surface area contributed by atoms with Crippen LogP contribution in [0.2, 0.25) is 0 Å². The van der Waals surface area contributed by atoms with Gasteiger partial charge in [0.25, 0.3) is 0 Å². The predicted molar refractivity (Wildman–Crippen MR) is 126 cm³/mol. The van der Waals surface area contributed by atoms with Crippen LogP contribution in [0.5, 0.6) is 0 Å². The minimum absolute atomic E-state index is 0.0709. The summed E-state index contributed by atoms with van der Waals surface area (Å²) >= 11 is 1.31. The first-order valence-electron chi connectivity index (χ1n) is 10.2. The summed E-state index contributed by atoms with van der Waals surface area (Å²) in [6.45, 7) is 9.38. The summed E-state index contributed by atoms with van der Waals surface area (Å²) in [4.78, 5) is 26.9. The Morgan fingerprint density at radius 2 is 1.81 bits per heavy atom. The molecule has 0 radical (unpaired) electrons. The molecule has 6 nitrogen and oxygen atoms in total.